The summed E-state index contributed by atoms with van der Waals surface area (Å²) < 4.78 is 0. The number of benzene rings is 1. The van der Waals surface area contributed by atoms with Crippen LogP contribution in [0.2, 0.25) is 0 Å². The van der Waals surface area contributed by atoms with Crippen LogP contribution in [0.15, 0.2) is 48.8 Å². The van der Waals surface area contributed by atoms with Crippen LogP contribution in [0.5, 0.6) is 0 Å². The third-order valence-corrected chi connectivity index (χ3v) is 3.62. The van der Waals surface area contributed by atoms with Crippen LogP contribution < -0.4 is 5.32 Å². The summed E-state index contributed by atoms with van der Waals surface area (Å²) >= 11 is 0. The molecule has 0 saturated carbocycles. The highest BCUT2D eigenvalue weighted by Gasteiger charge is 2.20. The molecule has 0 saturated heterocycles. The molecule has 2 N–H and O–H groups in total. The maximum Gasteiger partial charge on any atom is 0.290 e. The highest BCUT2D eigenvalue weighted by Crippen LogP contribution is 2.21. The molecule has 1 aromatic carbocycles. The first-order chi connectivity index (χ1) is 10.7. The second-order valence-electron chi connectivity index (χ2n) is 5.02. The van der Waals surface area contributed by atoms with Gasteiger partial charge in [-0.25, -0.2) is 0 Å². The van der Waals surface area contributed by atoms with Gasteiger partial charge in [-0.05, 0) is 42.5 Å². The first-order valence-electron chi connectivity index (χ1n) is 7.10. The third kappa shape index (κ3) is 4.15. The molecule has 1 aliphatic rings. The first-order valence-corrected chi connectivity index (χ1v) is 7.10. The highest BCUT2D eigenvalue weighted by atomic mass is 16.3. The number of hydrogen-bond acceptors (Lipinski definition) is 3. The Morgan fingerprint density at radius 2 is 1.82 bits per heavy atom. The van der Waals surface area contributed by atoms with E-state index in [1.54, 1.807) is 24.5 Å². The monoisotopic (exact) mass is 298 g/mol. The standard InChI is InChI=1S/C16H16N2O.CH2O2/c19-16(13-7-9-17-10-8-13)18-15-6-5-12-3-1-2-4-14(12)11-15;2-1-3/h1-4,7-10,15H,5-6,11H2,(H,18,19);1H,(H,2,3)/t15-;/m1./s1. The first kappa shape index (κ1) is 15.7. The minimum absolute atomic E-state index is 0.00761. The van der Waals surface area contributed by atoms with Gasteiger partial charge in [-0.2, -0.15) is 0 Å². The van der Waals surface area contributed by atoms with Crippen LogP contribution in [0.4, 0.5) is 0 Å². The Hall–Kier alpha value is -2.69. The van der Waals surface area contributed by atoms with Crippen LogP contribution >= 0.6 is 0 Å². The maximum absolute atomic E-state index is 12.1. The molecule has 1 aromatic heterocycles. The van der Waals surface area contributed by atoms with Gasteiger partial charge in [-0.1, -0.05) is 24.3 Å². The lowest BCUT2D eigenvalue weighted by Crippen LogP contribution is -2.38. The average Bonchev–Trinajstić information content (AvgIpc) is 2.56. The van der Waals surface area contributed by atoms with E-state index in [0.717, 1.165) is 19.3 Å². The van der Waals surface area contributed by atoms with Crippen molar-refractivity contribution >= 4 is 12.4 Å². The van der Waals surface area contributed by atoms with Crippen LogP contribution in [0.3, 0.4) is 0 Å². The molecule has 1 heterocycles. The lowest BCUT2D eigenvalue weighted by molar-refractivity contribution is -0.122. The predicted octanol–water partition coefficient (Wildman–Crippen LogP) is 2.07. The van der Waals surface area contributed by atoms with Crippen LogP contribution in [0, 0.1) is 0 Å². The van der Waals surface area contributed by atoms with Gasteiger partial charge < -0.3 is 10.4 Å². The van der Waals surface area contributed by atoms with E-state index in [4.69, 9.17) is 9.90 Å². The number of aromatic nitrogens is 1. The summed E-state index contributed by atoms with van der Waals surface area (Å²) in [4.78, 5) is 24.4. The Morgan fingerprint density at radius 3 is 2.50 bits per heavy atom. The Labute approximate surface area is 129 Å². The number of carbonyl (C=O) groups excluding carboxylic acids is 1. The number of fused-ring (bicyclic) bond motifs is 1. The van der Waals surface area contributed by atoms with E-state index in [9.17, 15) is 4.79 Å². The number of carbonyl (C=O) groups is 2. The fourth-order valence-corrected chi connectivity index (χ4v) is 2.59. The van der Waals surface area contributed by atoms with E-state index >= 15 is 0 Å². The van der Waals surface area contributed by atoms with Gasteiger partial charge in [0.2, 0.25) is 0 Å². The van der Waals surface area contributed by atoms with Gasteiger partial charge in [0, 0.05) is 24.0 Å². The summed E-state index contributed by atoms with van der Waals surface area (Å²) in [5, 5.41) is 10.00. The number of pyridine rings is 1. The van der Waals surface area contributed by atoms with Crippen molar-refractivity contribution in [3.8, 4) is 0 Å². The summed E-state index contributed by atoms with van der Waals surface area (Å²) in [6.45, 7) is -0.250. The Morgan fingerprint density at radius 1 is 1.18 bits per heavy atom. The normalized spacial score (nSPS) is 15.7. The van der Waals surface area contributed by atoms with Crippen LogP contribution in [0.1, 0.15) is 27.9 Å². The van der Waals surface area contributed by atoms with Crippen molar-refractivity contribution in [3.05, 3.63) is 65.5 Å². The zero-order valence-corrected chi connectivity index (χ0v) is 12.1. The third-order valence-electron chi connectivity index (χ3n) is 3.62. The molecule has 0 unspecified atom stereocenters. The van der Waals surface area contributed by atoms with Gasteiger partial charge in [0.25, 0.3) is 12.4 Å². The summed E-state index contributed by atoms with van der Waals surface area (Å²) in [5.41, 5.74) is 3.44. The number of nitrogens with one attached hydrogen (secondary N) is 1. The minimum Gasteiger partial charge on any atom is -0.483 e. The van der Waals surface area contributed by atoms with Crippen molar-refractivity contribution in [2.24, 2.45) is 0 Å². The van der Waals surface area contributed by atoms with E-state index in [1.807, 2.05) is 0 Å². The molecule has 5 heteroatoms. The molecule has 22 heavy (non-hydrogen) atoms. The van der Waals surface area contributed by atoms with Gasteiger partial charge in [0.1, 0.15) is 0 Å². The number of hydrogen-bond donors (Lipinski definition) is 2. The molecular weight excluding hydrogens is 280 g/mol. The van der Waals surface area contributed by atoms with Gasteiger partial charge >= 0.3 is 0 Å². The van der Waals surface area contributed by atoms with Crippen molar-refractivity contribution in [1.29, 1.82) is 0 Å². The molecule has 3 rings (SSSR count). The Balaban J connectivity index is 0.000000545. The molecular formula is C17H18N2O3. The average molecular weight is 298 g/mol. The zero-order valence-electron chi connectivity index (χ0n) is 12.1. The second kappa shape index (κ2) is 7.93. The van der Waals surface area contributed by atoms with Crippen molar-refractivity contribution in [1.82, 2.24) is 10.3 Å². The lowest BCUT2D eigenvalue weighted by atomic mass is 9.88. The molecule has 5 nitrogen and oxygen atoms in total. The molecule has 114 valence electrons. The maximum atomic E-state index is 12.1. The van der Waals surface area contributed by atoms with Crippen LogP contribution in [-0.2, 0) is 17.6 Å². The summed E-state index contributed by atoms with van der Waals surface area (Å²) in [6, 6.07) is 12.2. The Kier molecular flexibility index (Phi) is 5.65. The van der Waals surface area contributed by atoms with Crippen LogP contribution in [-0.4, -0.2) is 28.5 Å². The van der Waals surface area contributed by atoms with Crippen molar-refractivity contribution in [3.63, 3.8) is 0 Å². The van der Waals surface area contributed by atoms with Crippen molar-refractivity contribution < 1.29 is 14.7 Å². The largest absolute Gasteiger partial charge is 0.483 e. The topological polar surface area (TPSA) is 79.3 Å². The zero-order chi connectivity index (χ0) is 15.8. The number of rotatable bonds is 2. The molecule has 0 aliphatic heterocycles. The summed E-state index contributed by atoms with van der Waals surface area (Å²) in [6.07, 6.45) is 6.26. The number of nitrogens with zero attached hydrogens (tertiary/aromatic N) is 1. The van der Waals surface area contributed by atoms with Crippen molar-refractivity contribution in [2.45, 2.75) is 25.3 Å². The quantitative estimate of drug-likeness (QED) is 0.832. The van der Waals surface area contributed by atoms with Crippen molar-refractivity contribution in [2.75, 3.05) is 0 Å². The smallest absolute Gasteiger partial charge is 0.290 e. The molecule has 2 aromatic rings. The predicted molar refractivity (Wildman–Crippen MR) is 82.7 cm³/mol. The lowest BCUT2D eigenvalue weighted by Gasteiger charge is -2.25. The molecule has 1 atom stereocenters. The highest BCUT2D eigenvalue weighted by molar-refractivity contribution is 5.94. The molecule has 0 radical (unpaired) electrons. The fraction of sp³-hybridized carbons (Fsp3) is 0.235. The molecule has 0 fully saturated rings. The second-order valence-corrected chi connectivity index (χ2v) is 5.02. The number of carboxylic acid groups (broad SMARTS) is 1. The van der Waals surface area contributed by atoms with Gasteiger partial charge in [0.15, 0.2) is 0 Å². The van der Waals surface area contributed by atoms with Crippen LogP contribution in [0.25, 0.3) is 0 Å². The van der Waals surface area contributed by atoms with E-state index in [0.29, 0.717) is 5.56 Å². The Bertz CT molecular complexity index is 629. The number of aryl methyl sites for hydroxylation is 1. The van der Waals surface area contributed by atoms with E-state index < -0.39 is 0 Å². The summed E-state index contributed by atoms with van der Waals surface area (Å²) in [5.74, 6) is -0.00761. The summed E-state index contributed by atoms with van der Waals surface area (Å²) in [7, 11) is 0. The van der Waals surface area contributed by atoms with E-state index in [-0.39, 0.29) is 18.4 Å². The molecule has 0 bridgehead atoms. The molecule has 1 aliphatic carbocycles. The minimum atomic E-state index is -0.250. The van der Waals surface area contributed by atoms with Gasteiger partial charge in [0.05, 0.1) is 0 Å². The van der Waals surface area contributed by atoms with E-state index in [1.165, 1.54) is 11.1 Å². The van der Waals surface area contributed by atoms with Gasteiger partial charge in [-0.15, -0.1) is 0 Å². The van der Waals surface area contributed by atoms with Gasteiger partial charge in [-0.3, -0.25) is 14.6 Å². The molecule has 1 amide bonds. The molecule has 0 spiro atoms. The SMILES string of the molecule is O=C(N[C@@H]1CCc2ccccc2C1)c1ccncc1.O=CO. The van der Waals surface area contributed by atoms with E-state index in [2.05, 4.69) is 34.6 Å². The number of amides is 1. The fourth-order valence-electron chi connectivity index (χ4n) is 2.59.